The molecule has 5 heteroatoms. The van der Waals surface area contributed by atoms with Crippen molar-refractivity contribution >= 4 is 23.2 Å². The summed E-state index contributed by atoms with van der Waals surface area (Å²) in [6, 6.07) is 8.85. The summed E-state index contributed by atoms with van der Waals surface area (Å²) in [6.07, 6.45) is 0. The zero-order chi connectivity index (χ0) is 14.0. The topological polar surface area (TPSA) is 88.2 Å². The van der Waals surface area contributed by atoms with Crippen LogP contribution in [0.25, 0.3) is 0 Å². The number of nitrogen functional groups attached to an aromatic ring is 1. The Bertz CT molecular complexity index is 618. The lowest BCUT2D eigenvalue weighted by Crippen LogP contribution is -2.06. The van der Waals surface area contributed by atoms with Crippen LogP contribution in [0.2, 0.25) is 0 Å². The van der Waals surface area contributed by atoms with Gasteiger partial charge in [-0.3, -0.25) is 0 Å². The SMILES string of the molecule is Cc1cc(C)cc(Nc2nc(C(=O)O)ccc2N)c1. The Labute approximate surface area is 111 Å². The third-order valence-electron chi connectivity index (χ3n) is 2.63. The molecule has 0 atom stereocenters. The van der Waals surface area contributed by atoms with E-state index in [4.69, 9.17) is 10.8 Å². The molecule has 2 aromatic rings. The molecule has 1 aromatic carbocycles. The highest BCUT2D eigenvalue weighted by molar-refractivity contribution is 5.87. The molecular weight excluding hydrogens is 242 g/mol. The maximum absolute atomic E-state index is 10.9. The molecule has 98 valence electrons. The molecule has 0 amide bonds. The van der Waals surface area contributed by atoms with Crippen LogP contribution < -0.4 is 11.1 Å². The quantitative estimate of drug-likeness (QED) is 0.786. The van der Waals surface area contributed by atoms with Crippen molar-refractivity contribution in [3.8, 4) is 0 Å². The van der Waals surface area contributed by atoms with E-state index in [0.717, 1.165) is 16.8 Å². The lowest BCUT2D eigenvalue weighted by atomic mass is 10.1. The second-order valence-electron chi connectivity index (χ2n) is 4.44. The van der Waals surface area contributed by atoms with Crippen molar-refractivity contribution in [2.24, 2.45) is 0 Å². The molecule has 0 unspecified atom stereocenters. The van der Waals surface area contributed by atoms with Crippen LogP contribution in [0.4, 0.5) is 17.2 Å². The summed E-state index contributed by atoms with van der Waals surface area (Å²) in [7, 11) is 0. The molecule has 0 aliphatic rings. The van der Waals surface area contributed by atoms with Gasteiger partial charge in [0.05, 0.1) is 5.69 Å². The lowest BCUT2D eigenvalue weighted by Gasteiger charge is -2.10. The van der Waals surface area contributed by atoms with Crippen molar-refractivity contribution in [1.82, 2.24) is 4.98 Å². The number of rotatable bonds is 3. The van der Waals surface area contributed by atoms with Crippen LogP contribution >= 0.6 is 0 Å². The molecule has 0 fully saturated rings. The van der Waals surface area contributed by atoms with Crippen LogP contribution in [0.15, 0.2) is 30.3 Å². The summed E-state index contributed by atoms with van der Waals surface area (Å²) in [5, 5.41) is 12.0. The molecular formula is C14H15N3O2. The van der Waals surface area contributed by atoms with Crippen molar-refractivity contribution in [2.45, 2.75) is 13.8 Å². The van der Waals surface area contributed by atoms with E-state index in [1.54, 1.807) is 0 Å². The van der Waals surface area contributed by atoms with Crippen LogP contribution in [0.1, 0.15) is 21.6 Å². The molecule has 0 bridgehead atoms. The van der Waals surface area contributed by atoms with Crippen molar-refractivity contribution in [2.75, 3.05) is 11.1 Å². The Morgan fingerprint density at radius 1 is 1.21 bits per heavy atom. The number of pyridine rings is 1. The van der Waals surface area contributed by atoms with E-state index < -0.39 is 5.97 Å². The summed E-state index contributed by atoms with van der Waals surface area (Å²) in [5.74, 6) is -0.728. The second kappa shape index (κ2) is 4.97. The maximum atomic E-state index is 10.9. The van der Waals surface area contributed by atoms with Crippen molar-refractivity contribution in [1.29, 1.82) is 0 Å². The van der Waals surface area contributed by atoms with Crippen LogP contribution in [0.5, 0.6) is 0 Å². The number of benzene rings is 1. The van der Waals surface area contributed by atoms with Gasteiger partial charge in [0, 0.05) is 5.69 Å². The summed E-state index contributed by atoms with van der Waals surface area (Å²) < 4.78 is 0. The molecule has 0 saturated heterocycles. The first-order valence-electron chi connectivity index (χ1n) is 5.81. The van der Waals surface area contributed by atoms with E-state index in [0.29, 0.717) is 11.5 Å². The fraction of sp³-hybridized carbons (Fsp3) is 0.143. The average Bonchev–Trinajstić information content (AvgIpc) is 2.30. The summed E-state index contributed by atoms with van der Waals surface area (Å²) in [5.41, 5.74) is 9.21. The van der Waals surface area contributed by atoms with E-state index in [1.165, 1.54) is 12.1 Å². The number of nitrogens with one attached hydrogen (secondary N) is 1. The number of hydrogen-bond acceptors (Lipinski definition) is 4. The fourth-order valence-electron chi connectivity index (χ4n) is 1.87. The molecule has 0 aliphatic heterocycles. The van der Waals surface area contributed by atoms with Crippen LogP contribution in [0, 0.1) is 13.8 Å². The number of aromatic carboxylic acids is 1. The number of carboxylic acids is 1. The molecule has 0 spiro atoms. The highest BCUT2D eigenvalue weighted by atomic mass is 16.4. The Morgan fingerprint density at radius 2 is 1.84 bits per heavy atom. The predicted octanol–water partition coefficient (Wildman–Crippen LogP) is 2.72. The van der Waals surface area contributed by atoms with E-state index in [1.807, 2.05) is 26.0 Å². The zero-order valence-electron chi connectivity index (χ0n) is 10.8. The number of aryl methyl sites for hydroxylation is 2. The maximum Gasteiger partial charge on any atom is 0.354 e. The number of nitrogens with two attached hydrogens (primary N) is 1. The van der Waals surface area contributed by atoms with Gasteiger partial charge in [0.2, 0.25) is 0 Å². The van der Waals surface area contributed by atoms with Crippen molar-refractivity contribution in [3.05, 3.63) is 47.2 Å². The average molecular weight is 257 g/mol. The highest BCUT2D eigenvalue weighted by Crippen LogP contribution is 2.23. The molecule has 4 N–H and O–H groups in total. The van der Waals surface area contributed by atoms with Gasteiger partial charge in [0.1, 0.15) is 0 Å². The Kier molecular flexibility index (Phi) is 3.37. The van der Waals surface area contributed by atoms with Gasteiger partial charge in [-0.25, -0.2) is 9.78 Å². The van der Waals surface area contributed by atoms with Gasteiger partial charge >= 0.3 is 5.97 Å². The summed E-state index contributed by atoms with van der Waals surface area (Å²) in [4.78, 5) is 14.9. The minimum Gasteiger partial charge on any atom is -0.477 e. The molecule has 5 nitrogen and oxygen atoms in total. The Balaban J connectivity index is 2.37. The van der Waals surface area contributed by atoms with E-state index >= 15 is 0 Å². The molecule has 0 aliphatic carbocycles. The minimum atomic E-state index is -1.08. The normalized spacial score (nSPS) is 10.2. The zero-order valence-corrected chi connectivity index (χ0v) is 10.8. The van der Waals surface area contributed by atoms with Crippen molar-refractivity contribution < 1.29 is 9.90 Å². The smallest absolute Gasteiger partial charge is 0.354 e. The van der Waals surface area contributed by atoms with Crippen LogP contribution in [0.3, 0.4) is 0 Å². The minimum absolute atomic E-state index is 0.0407. The van der Waals surface area contributed by atoms with Gasteiger partial charge in [-0.15, -0.1) is 0 Å². The summed E-state index contributed by atoms with van der Waals surface area (Å²) in [6.45, 7) is 3.98. The first-order chi connectivity index (χ1) is 8.95. The van der Waals surface area contributed by atoms with Gasteiger partial charge in [0.25, 0.3) is 0 Å². The molecule has 19 heavy (non-hydrogen) atoms. The monoisotopic (exact) mass is 257 g/mol. The van der Waals surface area contributed by atoms with E-state index in [-0.39, 0.29) is 5.69 Å². The van der Waals surface area contributed by atoms with Crippen LogP contribution in [-0.4, -0.2) is 16.1 Å². The molecule has 0 radical (unpaired) electrons. The van der Waals surface area contributed by atoms with Gasteiger partial charge in [-0.05, 0) is 49.2 Å². The standard InChI is InChI=1S/C14H15N3O2/c1-8-5-9(2)7-10(6-8)16-13-11(15)3-4-12(17-13)14(18)19/h3-7H,15H2,1-2H3,(H,16,17)(H,18,19). The first-order valence-corrected chi connectivity index (χ1v) is 5.81. The summed E-state index contributed by atoms with van der Waals surface area (Å²) >= 11 is 0. The third kappa shape index (κ3) is 3.01. The molecule has 1 aromatic heterocycles. The Hall–Kier alpha value is -2.56. The number of carboxylic acid groups (broad SMARTS) is 1. The second-order valence-corrected chi connectivity index (χ2v) is 4.44. The van der Waals surface area contributed by atoms with Gasteiger partial charge in [-0.1, -0.05) is 6.07 Å². The number of aromatic nitrogens is 1. The molecule has 0 saturated carbocycles. The van der Waals surface area contributed by atoms with Gasteiger partial charge < -0.3 is 16.2 Å². The lowest BCUT2D eigenvalue weighted by molar-refractivity contribution is 0.0690. The van der Waals surface area contributed by atoms with Crippen LogP contribution in [-0.2, 0) is 0 Å². The number of hydrogen-bond donors (Lipinski definition) is 3. The first kappa shape index (κ1) is 12.9. The molecule has 1 heterocycles. The third-order valence-corrected chi connectivity index (χ3v) is 2.63. The number of anilines is 3. The Morgan fingerprint density at radius 3 is 2.42 bits per heavy atom. The van der Waals surface area contributed by atoms with Gasteiger partial charge in [0.15, 0.2) is 11.5 Å². The van der Waals surface area contributed by atoms with Gasteiger partial charge in [-0.2, -0.15) is 0 Å². The highest BCUT2D eigenvalue weighted by Gasteiger charge is 2.09. The largest absolute Gasteiger partial charge is 0.477 e. The molecule has 2 rings (SSSR count). The fourth-order valence-corrected chi connectivity index (χ4v) is 1.87. The number of nitrogens with zero attached hydrogens (tertiary/aromatic N) is 1. The van der Waals surface area contributed by atoms with E-state index in [9.17, 15) is 4.79 Å². The predicted molar refractivity (Wildman–Crippen MR) is 74.8 cm³/mol. The number of carbonyl (C=O) groups is 1. The van der Waals surface area contributed by atoms with E-state index in [2.05, 4.69) is 16.4 Å². The van der Waals surface area contributed by atoms with Crippen molar-refractivity contribution in [3.63, 3.8) is 0 Å².